The molecule has 130 valence electrons. The molecular weight excluding hydrogens is 318 g/mol. The molecule has 2 aromatic rings. The molecule has 1 aliphatic rings. The summed E-state index contributed by atoms with van der Waals surface area (Å²) in [4.78, 5) is 18.4. The molecule has 1 aliphatic heterocycles. The van der Waals surface area contributed by atoms with Crippen LogP contribution in [0.25, 0.3) is 10.2 Å². The zero-order chi connectivity index (χ0) is 16.9. The van der Waals surface area contributed by atoms with Gasteiger partial charge in [0.15, 0.2) is 6.54 Å². The normalized spacial score (nSPS) is 21.3. The van der Waals surface area contributed by atoms with Gasteiger partial charge in [0.25, 0.3) is 5.91 Å². The van der Waals surface area contributed by atoms with Crippen molar-refractivity contribution in [2.24, 2.45) is 0 Å². The van der Waals surface area contributed by atoms with E-state index < -0.39 is 0 Å². The predicted octanol–water partition coefficient (Wildman–Crippen LogP) is 2.36. The SMILES string of the molecule is CCC(CC)NC(=O)C[NH+]1CCC(c2nc3ccccc3s2)CC1. The van der Waals surface area contributed by atoms with Crippen LogP contribution in [-0.4, -0.2) is 36.6 Å². The zero-order valence-electron chi connectivity index (χ0n) is 14.7. The Bertz CT molecular complexity index is 639. The van der Waals surface area contributed by atoms with Crippen LogP contribution < -0.4 is 10.2 Å². The zero-order valence-corrected chi connectivity index (χ0v) is 15.5. The average Bonchev–Trinajstić information content (AvgIpc) is 3.04. The molecule has 2 N–H and O–H groups in total. The van der Waals surface area contributed by atoms with Gasteiger partial charge in [0.1, 0.15) is 0 Å². The molecule has 0 saturated carbocycles. The highest BCUT2D eigenvalue weighted by Crippen LogP contribution is 2.31. The summed E-state index contributed by atoms with van der Waals surface area (Å²) in [5.74, 6) is 0.769. The Morgan fingerprint density at radius 3 is 2.67 bits per heavy atom. The molecule has 0 unspecified atom stereocenters. The number of amides is 1. The molecule has 5 heteroatoms. The van der Waals surface area contributed by atoms with Crippen LogP contribution in [-0.2, 0) is 4.79 Å². The first-order valence-corrected chi connectivity index (χ1v) is 9.99. The van der Waals surface area contributed by atoms with Crippen LogP contribution in [0.1, 0.15) is 50.5 Å². The first-order chi connectivity index (χ1) is 11.7. The van der Waals surface area contributed by atoms with Crippen molar-refractivity contribution in [1.82, 2.24) is 10.3 Å². The molecule has 2 heterocycles. The summed E-state index contributed by atoms with van der Waals surface area (Å²) in [6, 6.07) is 8.71. The lowest BCUT2D eigenvalue weighted by molar-refractivity contribution is -0.897. The summed E-state index contributed by atoms with van der Waals surface area (Å²) in [5.41, 5.74) is 1.12. The second kappa shape index (κ2) is 8.08. The van der Waals surface area contributed by atoms with Crippen molar-refractivity contribution in [2.45, 2.75) is 51.5 Å². The Labute approximate surface area is 148 Å². The van der Waals surface area contributed by atoms with Gasteiger partial charge in [0.05, 0.1) is 28.3 Å². The predicted molar refractivity (Wildman–Crippen MR) is 99.7 cm³/mol. The number of rotatable bonds is 6. The monoisotopic (exact) mass is 346 g/mol. The van der Waals surface area contributed by atoms with Crippen molar-refractivity contribution >= 4 is 27.5 Å². The number of benzene rings is 1. The van der Waals surface area contributed by atoms with Crippen molar-refractivity contribution in [2.75, 3.05) is 19.6 Å². The number of carbonyl (C=O) groups excluding carboxylic acids is 1. The standard InChI is InChI=1S/C19H27N3OS/c1-3-15(4-2)20-18(23)13-22-11-9-14(10-12-22)19-21-16-7-5-6-8-17(16)24-19/h5-8,14-15H,3-4,9-13H2,1-2H3,(H,20,23)/p+1. The van der Waals surface area contributed by atoms with E-state index in [2.05, 4.69) is 43.4 Å². The van der Waals surface area contributed by atoms with E-state index in [4.69, 9.17) is 4.98 Å². The number of piperidine rings is 1. The minimum Gasteiger partial charge on any atom is -0.349 e. The smallest absolute Gasteiger partial charge is 0.275 e. The minimum absolute atomic E-state index is 0.206. The fourth-order valence-electron chi connectivity index (χ4n) is 3.51. The summed E-state index contributed by atoms with van der Waals surface area (Å²) in [6.45, 7) is 7.01. The molecule has 0 bridgehead atoms. The van der Waals surface area contributed by atoms with Crippen molar-refractivity contribution in [3.63, 3.8) is 0 Å². The quantitative estimate of drug-likeness (QED) is 0.843. The maximum Gasteiger partial charge on any atom is 0.275 e. The molecule has 24 heavy (non-hydrogen) atoms. The number of fused-ring (bicyclic) bond motifs is 1. The van der Waals surface area contributed by atoms with Gasteiger partial charge in [-0.25, -0.2) is 4.98 Å². The van der Waals surface area contributed by atoms with Gasteiger partial charge < -0.3 is 10.2 Å². The Balaban J connectivity index is 1.51. The minimum atomic E-state index is 0.206. The number of nitrogens with zero attached hydrogens (tertiary/aromatic N) is 1. The van der Waals surface area contributed by atoms with E-state index in [1.807, 2.05) is 11.3 Å². The van der Waals surface area contributed by atoms with E-state index in [-0.39, 0.29) is 5.91 Å². The lowest BCUT2D eigenvalue weighted by atomic mass is 9.97. The molecule has 0 spiro atoms. The second-order valence-corrected chi connectivity index (χ2v) is 7.86. The third kappa shape index (κ3) is 4.14. The molecule has 1 aromatic heterocycles. The maximum atomic E-state index is 12.2. The number of likely N-dealkylation sites (tertiary alicyclic amines) is 1. The Morgan fingerprint density at radius 2 is 2.00 bits per heavy atom. The van der Waals surface area contributed by atoms with Crippen molar-refractivity contribution in [3.05, 3.63) is 29.3 Å². The molecule has 0 radical (unpaired) electrons. The van der Waals surface area contributed by atoms with Crippen molar-refractivity contribution < 1.29 is 9.69 Å². The second-order valence-electron chi connectivity index (χ2n) is 6.80. The van der Waals surface area contributed by atoms with E-state index in [1.165, 1.54) is 14.6 Å². The fraction of sp³-hybridized carbons (Fsp3) is 0.579. The van der Waals surface area contributed by atoms with E-state index in [0.29, 0.717) is 18.5 Å². The van der Waals surface area contributed by atoms with E-state index in [9.17, 15) is 4.79 Å². The van der Waals surface area contributed by atoms with Gasteiger partial charge in [-0.1, -0.05) is 26.0 Å². The molecule has 4 nitrogen and oxygen atoms in total. The number of carbonyl (C=O) groups is 1. The van der Waals surface area contributed by atoms with Gasteiger partial charge >= 0.3 is 0 Å². The van der Waals surface area contributed by atoms with Crippen LogP contribution in [0.15, 0.2) is 24.3 Å². The van der Waals surface area contributed by atoms with Gasteiger partial charge in [-0.2, -0.15) is 0 Å². The third-order valence-corrected chi connectivity index (χ3v) is 6.31. The van der Waals surface area contributed by atoms with Crippen LogP contribution in [0, 0.1) is 0 Å². The van der Waals surface area contributed by atoms with Crippen LogP contribution in [0.4, 0.5) is 0 Å². The number of thiazole rings is 1. The Morgan fingerprint density at radius 1 is 1.29 bits per heavy atom. The lowest BCUT2D eigenvalue weighted by Crippen LogP contribution is -3.14. The van der Waals surface area contributed by atoms with Crippen molar-refractivity contribution in [3.8, 4) is 0 Å². The number of hydrogen-bond acceptors (Lipinski definition) is 3. The topological polar surface area (TPSA) is 46.4 Å². The molecule has 3 rings (SSSR count). The van der Waals surface area contributed by atoms with Gasteiger partial charge in [-0.15, -0.1) is 11.3 Å². The van der Waals surface area contributed by atoms with Crippen LogP contribution in [0.5, 0.6) is 0 Å². The molecular formula is C19H28N3OS+. The summed E-state index contributed by atoms with van der Waals surface area (Å²) in [7, 11) is 0. The molecule has 1 amide bonds. The Hall–Kier alpha value is -1.46. The highest BCUT2D eigenvalue weighted by atomic mass is 32.1. The highest BCUT2D eigenvalue weighted by molar-refractivity contribution is 7.18. The number of para-hydroxylation sites is 1. The fourth-order valence-corrected chi connectivity index (χ4v) is 4.65. The number of nitrogens with one attached hydrogen (secondary N) is 2. The largest absolute Gasteiger partial charge is 0.349 e. The molecule has 0 atom stereocenters. The average molecular weight is 347 g/mol. The summed E-state index contributed by atoms with van der Waals surface area (Å²) in [5, 5.41) is 4.43. The van der Waals surface area contributed by atoms with E-state index in [1.54, 1.807) is 0 Å². The number of hydrogen-bond donors (Lipinski definition) is 2. The summed E-state index contributed by atoms with van der Waals surface area (Å²) < 4.78 is 1.28. The third-order valence-electron chi connectivity index (χ3n) is 5.11. The molecule has 1 saturated heterocycles. The molecule has 1 fully saturated rings. The van der Waals surface area contributed by atoms with Crippen LogP contribution in [0.3, 0.4) is 0 Å². The number of aromatic nitrogens is 1. The highest BCUT2D eigenvalue weighted by Gasteiger charge is 2.27. The first kappa shape index (κ1) is 17.4. The molecule has 1 aromatic carbocycles. The summed E-state index contributed by atoms with van der Waals surface area (Å²) in [6.07, 6.45) is 4.29. The van der Waals surface area contributed by atoms with Gasteiger partial charge in [-0.3, -0.25) is 4.79 Å². The van der Waals surface area contributed by atoms with E-state index in [0.717, 1.165) is 44.3 Å². The summed E-state index contributed by atoms with van der Waals surface area (Å²) >= 11 is 1.83. The van der Waals surface area contributed by atoms with Crippen molar-refractivity contribution in [1.29, 1.82) is 0 Å². The van der Waals surface area contributed by atoms with Crippen LogP contribution in [0.2, 0.25) is 0 Å². The first-order valence-electron chi connectivity index (χ1n) is 9.18. The van der Waals surface area contributed by atoms with Gasteiger partial charge in [0.2, 0.25) is 0 Å². The lowest BCUT2D eigenvalue weighted by Gasteiger charge is -2.28. The molecule has 0 aliphatic carbocycles. The van der Waals surface area contributed by atoms with E-state index >= 15 is 0 Å². The van der Waals surface area contributed by atoms with Gasteiger partial charge in [0, 0.05) is 24.8 Å². The van der Waals surface area contributed by atoms with Gasteiger partial charge in [-0.05, 0) is 25.0 Å². The van der Waals surface area contributed by atoms with Crippen LogP contribution >= 0.6 is 11.3 Å². The maximum absolute atomic E-state index is 12.2. The number of quaternary nitrogens is 1. The Kier molecular flexibility index (Phi) is 5.85.